The smallest absolute Gasteiger partial charge is 0.306 e. The van der Waals surface area contributed by atoms with Crippen LogP contribution in [0.3, 0.4) is 0 Å². The molecule has 1 amide bonds. The van der Waals surface area contributed by atoms with Crippen LogP contribution in [-0.4, -0.2) is 39.3 Å². The van der Waals surface area contributed by atoms with E-state index in [0.29, 0.717) is 5.56 Å². The summed E-state index contributed by atoms with van der Waals surface area (Å²) in [5.41, 5.74) is -1.13. The molecule has 6 nitrogen and oxygen atoms in total. The van der Waals surface area contributed by atoms with Crippen molar-refractivity contribution in [2.24, 2.45) is 0 Å². The molecular weight excluding hydrogens is 250 g/mol. The predicted octanol–water partition coefficient (Wildman–Crippen LogP) is 0.0619. The van der Waals surface area contributed by atoms with Gasteiger partial charge in [0.2, 0.25) is 0 Å². The fourth-order valence-electron chi connectivity index (χ4n) is 1.55. The van der Waals surface area contributed by atoms with E-state index >= 15 is 0 Å². The molecule has 19 heavy (non-hydrogen) atoms. The van der Waals surface area contributed by atoms with Gasteiger partial charge in [0.15, 0.2) is 6.10 Å². The number of hydrogen-bond acceptors (Lipinski definition) is 4. The fraction of sp³-hybridized carbons (Fsp3) is 0.385. The normalized spacial score (nSPS) is 15.3. The van der Waals surface area contributed by atoms with Gasteiger partial charge >= 0.3 is 5.97 Å². The minimum Gasteiger partial charge on any atom is -0.481 e. The van der Waals surface area contributed by atoms with Crippen molar-refractivity contribution in [3.63, 3.8) is 0 Å². The first-order valence-corrected chi connectivity index (χ1v) is 5.77. The summed E-state index contributed by atoms with van der Waals surface area (Å²) in [6.07, 6.45) is -1.84. The summed E-state index contributed by atoms with van der Waals surface area (Å²) >= 11 is 0. The Morgan fingerprint density at radius 1 is 1.32 bits per heavy atom. The van der Waals surface area contributed by atoms with E-state index in [4.69, 9.17) is 5.11 Å². The molecule has 0 saturated carbocycles. The molecule has 2 unspecified atom stereocenters. The summed E-state index contributed by atoms with van der Waals surface area (Å²) < 4.78 is 0. The van der Waals surface area contributed by atoms with Crippen molar-refractivity contribution in [1.82, 2.24) is 5.32 Å². The van der Waals surface area contributed by atoms with Gasteiger partial charge in [-0.15, -0.1) is 0 Å². The van der Waals surface area contributed by atoms with Gasteiger partial charge in [0.1, 0.15) is 0 Å². The van der Waals surface area contributed by atoms with Gasteiger partial charge < -0.3 is 20.6 Å². The highest BCUT2D eigenvalue weighted by Crippen LogP contribution is 2.13. The molecule has 6 heteroatoms. The summed E-state index contributed by atoms with van der Waals surface area (Å²) in [5.74, 6) is -1.85. The quantitative estimate of drug-likeness (QED) is 0.583. The topological polar surface area (TPSA) is 107 Å². The number of aliphatic hydroxyl groups excluding tert-OH is 1. The summed E-state index contributed by atoms with van der Waals surface area (Å²) in [5, 5.41) is 30.4. The lowest BCUT2D eigenvalue weighted by molar-refractivity contribution is -0.143. The molecule has 0 radical (unpaired) electrons. The number of aliphatic carboxylic acids is 1. The third-order valence-corrected chi connectivity index (χ3v) is 2.54. The first-order chi connectivity index (χ1) is 8.82. The Labute approximate surface area is 110 Å². The van der Waals surface area contributed by atoms with E-state index < -0.39 is 30.0 Å². The van der Waals surface area contributed by atoms with Crippen LogP contribution in [0.1, 0.15) is 25.0 Å². The van der Waals surface area contributed by atoms with Gasteiger partial charge in [-0.2, -0.15) is 0 Å². The number of hydrogen-bond donors (Lipinski definition) is 4. The monoisotopic (exact) mass is 267 g/mol. The summed E-state index contributed by atoms with van der Waals surface area (Å²) in [7, 11) is 0. The summed E-state index contributed by atoms with van der Waals surface area (Å²) in [6.45, 7) is 1.05. The lowest BCUT2D eigenvalue weighted by atomic mass is 10.0. The maximum Gasteiger partial charge on any atom is 0.306 e. The van der Waals surface area contributed by atoms with E-state index in [1.807, 2.05) is 0 Å². The Balaban J connectivity index is 2.54. The molecule has 0 saturated heterocycles. The molecule has 0 fully saturated rings. The van der Waals surface area contributed by atoms with Gasteiger partial charge in [-0.1, -0.05) is 30.3 Å². The number of aliphatic hydroxyl groups is 2. The highest BCUT2D eigenvalue weighted by molar-refractivity contribution is 5.82. The van der Waals surface area contributed by atoms with Crippen LogP contribution in [-0.2, 0) is 9.59 Å². The van der Waals surface area contributed by atoms with E-state index in [9.17, 15) is 19.8 Å². The lowest BCUT2D eigenvalue weighted by Gasteiger charge is -2.22. The summed E-state index contributed by atoms with van der Waals surface area (Å²) in [6, 6.07) is 8.32. The number of carbonyl (C=O) groups is 2. The fourth-order valence-corrected chi connectivity index (χ4v) is 1.55. The van der Waals surface area contributed by atoms with Crippen molar-refractivity contribution >= 4 is 11.9 Å². The molecule has 104 valence electrons. The van der Waals surface area contributed by atoms with Crippen molar-refractivity contribution in [2.45, 2.75) is 25.0 Å². The molecule has 0 spiro atoms. The van der Waals surface area contributed by atoms with E-state index in [1.165, 1.54) is 6.92 Å². The van der Waals surface area contributed by atoms with E-state index in [1.54, 1.807) is 30.3 Å². The molecule has 1 aromatic carbocycles. The Kier molecular flexibility index (Phi) is 5.02. The third kappa shape index (κ3) is 5.07. The Morgan fingerprint density at radius 2 is 1.89 bits per heavy atom. The van der Waals surface area contributed by atoms with Crippen molar-refractivity contribution in [3.05, 3.63) is 35.9 Å². The van der Waals surface area contributed by atoms with Crippen LogP contribution in [0.2, 0.25) is 0 Å². The van der Waals surface area contributed by atoms with Gasteiger partial charge in [-0.05, 0) is 12.5 Å². The second kappa shape index (κ2) is 6.31. The summed E-state index contributed by atoms with van der Waals surface area (Å²) in [4.78, 5) is 22.1. The van der Waals surface area contributed by atoms with Crippen molar-refractivity contribution in [3.8, 4) is 0 Å². The Morgan fingerprint density at radius 3 is 2.42 bits per heavy atom. The number of nitrogens with one attached hydrogen (secondary N) is 1. The third-order valence-electron chi connectivity index (χ3n) is 2.54. The lowest BCUT2D eigenvalue weighted by Crippen LogP contribution is -2.43. The average Bonchev–Trinajstić information content (AvgIpc) is 2.34. The first-order valence-electron chi connectivity index (χ1n) is 5.77. The largest absolute Gasteiger partial charge is 0.481 e. The zero-order valence-electron chi connectivity index (χ0n) is 10.5. The molecule has 1 aromatic rings. The minimum absolute atomic E-state index is 0.248. The molecule has 0 aliphatic rings. The number of carbonyl (C=O) groups excluding carboxylic acids is 1. The maximum atomic E-state index is 11.7. The number of amides is 1. The maximum absolute atomic E-state index is 11.7. The molecule has 0 bridgehead atoms. The second-order valence-electron chi connectivity index (χ2n) is 4.60. The number of benzene rings is 1. The highest BCUT2D eigenvalue weighted by Gasteiger charge is 2.26. The molecule has 0 heterocycles. The highest BCUT2D eigenvalue weighted by atomic mass is 16.4. The molecule has 2 atom stereocenters. The van der Waals surface area contributed by atoms with Crippen LogP contribution in [0, 0.1) is 0 Å². The van der Waals surface area contributed by atoms with Gasteiger partial charge in [0, 0.05) is 6.54 Å². The molecule has 1 rings (SSSR count). The molecule has 0 aromatic heterocycles. The first kappa shape index (κ1) is 15.1. The van der Waals surface area contributed by atoms with Gasteiger partial charge in [-0.3, -0.25) is 9.59 Å². The van der Waals surface area contributed by atoms with Crippen LogP contribution in [0.25, 0.3) is 0 Å². The van der Waals surface area contributed by atoms with Gasteiger partial charge in [-0.25, -0.2) is 0 Å². The van der Waals surface area contributed by atoms with Crippen molar-refractivity contribution in [2.75, 3.05) is 6.54 Å². The molecule has 0 aliphatic heterocycles. The number of rotatable bonds is 6. The Bertz CT molecular complexity index is 444. The van der Waals surface area contributed by atoms with Crippen LogP contribution in [0.5, 0.6) is 0 Å². The van der Waals surface area contributed by atoms with E-state index in [-0.39, 0.29) is 6.54 Å². The zero-order valence-corrected chi connectivity index (χ0v) is 10.5. The predicted molar refractivity (Wildman–Crippen MR) is 67.3 cm³/mol. The minimum atomic E-state index is -1.56. The Hall–Kier alpha value is -1.92. The standard InChI is InChI=1S/C13H17NO5/c1-13(19,7-10(15)16)8-14-12(18)11(17)9-5-3-2-4-6-9/h2-6,11,17,19H,7-8H2,1H3,(H,14,18)(H,15,16). The van der Waals surface area contributed by atoms with E-state index in [2.05, 4.69) is 5.32 Å². The van der Waals surface area contributed by atoms with Crippen LogP contribution in [0.15, 0.2) is 30.3 Å². The van der Waals surface area contributed by atoms with Gasteiger partial charge in [0.05, 0.1) is 12.0 Å². The molecule has 0 aliphatic carbocycles. The molecular formula is C13H17NO5. The number of carboxylic acids is 1. The van der Waals surface area contributed by atoms with E-state index in [0.717, 1.165) is 0 Å². The second-order valence-corrected chi connectivity index (χ2v) is 4.60. The van der Waals surface area contributed by atoms with Crippen LogP contribution < -0.4 is 5.32 Å². The van der Waals surface area contributed by atoms with Gasteiger partial charge in [0.25, 0.3) is 5.91 Å². The van der Waals surface area contributed by atoms with Crippen molar-refractivity contribution < 1.29 is 24.9 Å². The molecule has 4 N–H and O–H groups in total. The average molecular weight is 267 g/mol. The van der Waals surface area contributed by atoms with Crippen LogP contribution >= 0.6 is 0 Å². The number of carboxylic acid groups (broad SMARTS) is 1. The van der Waals surface area contributed by atoms with Crippen molar-refractivity contribution in [1.29, 1.82) is 0 Å². The van der Waals surface area contributed by atoms with Crippen LogP contribution in [0.4, 0.5) is 0 Å². The zero-order chi connectivity index (χ0) is 14.5. The SMILES string of the molecule is CC(O)(CNC(=O)C(O)c1ccccc1)CC(=O)O.